The van der Waals surface area contributed by atoms with Crippen molar-refractivity contribution in [2.24, 2.45) is 0 Å². The Labute approximate surface area is 143 Å². The summed E-state index contributed by atoms with van der Waals surface area (Å²) in [6.07, 6.45) is 4.94. The molecule has 0 unspecified atom stereocenters. The zero-order valence-electron chi connectivity index (χ0n) is 13.9. The highest BCUT2D eigenvalue weighted by atomic mass is 32.2. The van der Waals surface area contributed by atoms with Crippen LogP contribution in [-0.2, 0) is 21.3 Å². The van der Waals surface area contributed by atoms with E-state index in [2.05, 4.69) is 4.98 Å². The summed E-state index contributed by atoms with van der Waals surface area (Å²) in [5, 5.41) is 1.24. The van der Waals surface area contributed by atoms with E-state index < -0.39 is 10.0 Å². The number of hydrogen-bond acceptors (Lipinski definition) is 4. The molecule has 24 heavy (non-hydrogen) atoms. The van der Waals surface area contributed by atoms with Crippen LogP contribution in [0.25, 0.3) is 6.08 Å². The van der Waals surface area contributed by atoms with Gasteiger partial charge in [0.15, 0.2) is 0 Å². The number of aryl methyl sites for hydroxylation is 1. The molecule has 0 aliphatic carbocycles. The van der Waals surface area contributed by atoms with Crippen molar-refractivity contribution in [2.75, 3.05) is 20.3 Å². The van der Waals surface area contributed by atoms with Crippen LogP contribution < -0.4 is 0 Å². The Kier molecular flexibility index (Phi) is 6.66. The molecular weight excluding hydrogens is 324 g/mol. The second-order valence-corrected chi connectivity index (χ2v) is 7.26. The summed E-state index contributed by atoms with van der Waals surface area (Å²) in [6, 6.07) is 11.3. The van der Waals surface area contributed by atoms with Crippen LogP contribution in [0.4, 0.5) is 0 Å². The molecule has 6 heteroatoms. The maximum Gasteiger partial charge on any atom is 0.236 e. The fourth-order valence-corrected chi connectivity index (χ4v) is 3.27. The molecule has 128 valence electrons. The first-order valence-corrected chi connectivity index (χ1v) is 9.14. The first kappa shape index (κ1) is 18.3. The predicted octanol–water partition coefficient (Wildman–Crippen LogP) is 2.84. The van der Waals surface area contributed by atoms with Gasteiger partial charge in [-0.1, -0.05) is 35.9 Å². The van der Waals surface area contributed by atoms with Crippen molar-refractivity contribution < 1.29 is 13.2 Å². The van der Waals surface area contributed by atoms with Gasteiger partial charge in [0.1, 0.15) is 0 Å². The minimum absolute atomic E-state index is 0.262. The molecule has 5 nitrogen and oxygen atoms in total. The average molecular weight is 346 g/mol. The van der Waals surface area contributed by atoms with Crippen molar-refractivity contribution in [1.29, 1.82) is 0 Å². The van der Waals surface area contributed by atoms with Crippen molar-refractivity contribution in [3.8, 4) is 0 Å². The molecule has 0 amide bonds. The number of benzene rings is 1. The normalized spacial score (nSPS) is 12.1. The largest absolute Gasteiger partial charge is 0.383 e. The molecule has 1 aromatic heterocycles. The number of aromatic nitrogens is 1. The molecule has 0 spiro atoms. The number of rotatable bonds is 8. The molecule has 0 radical (unpaired) electrons. The molecule has 2 aromatic rings. The number of methoxy groups -OCH3 is 1. The summed E-state index contributed by atoms with van der Waals surface area (Å²) in [7, 11) is -2.00. The van der Waals surface area contributed by atoms with Crippen LogP contribution in [-0.4, -0.2) is 38.0 Å². The van der Waals surface area contributed by atoms with Gasteiger partial charge < -0.3 is 4.74 Å². The Bertz CT molecular complexity index is 757. The lowest BCUT2D eigenvalue weighted by atomic mass is 10.2. The van der Waals surface area contributed by atoms with Crippen LogP contribution in [0.15, 0.2) is 54.2 Å². The van der Waals surface area contributed by atoms with Crippen LogP contribution >= 0.6 is 0 Å². The van der Waals surface area contributed by atoms with Crippen LogP contribution in [0.5, 0.6) is 0 Å². The first-order chi connectivity index (χ1) is 11.5. The Morgan fingerprint density at radius 2 is 1.96 bits per heavy atom. The maximum atomic E-state index is 12.6. The van der Waals surface area contributed by atoms with E-state index >= 15 is 0 Å². The quantitative estimate of drug-likeness (QED) is 0.737. The molecule has 1 aromatic carbocycles. The smallest absolute Gasteiger partial charge is 0.236 e. The number of pyridine rings is 1. The zero-order chi connectivity index (χ0) is 17.4. The van der Waals surface area contributed by atoms with E-state index in [0.717, 1.165) is 16.7 Å². The van der Waals surface area contributed by atoms with Gasteiger partial charge in [0.05, 0.1) is 6.61 Å². The Hall–Kier alpha value is -2.02. The lowest BCUT2D eigenvalue weighted by Gasteiger charge is -2.19. The van der Waals surface area contributed by atoms with E-state index in [4.69, 9.17) is 4.74 Å². The number of sulfonamides is 1. The lowest BCUT2D eigenvalue weighted by Crippen LogP contribution is -2.32. The fraction of sp³-hybridized carbons (Fsp3) is 0.278. The Balaban J connectivity index is 2.17. The third-order valence-electron chi connectivity index (χ3n) is 3.50. The molecule has 0 bridgehead atoms. The summed E-state index contributed by atoms with van der Waals surface area (Å²) in [5.41, 5.74) is 2.81. The van der Waals surface area contributed by atoms with Gasteiger partial charge in [0, 0.05) is 38.0 Å². The molecule has 0 aliphatic heterocycles. The number of ether oxygens (including phenoxy) is 1. The van der Waals surface area contributed by atoms with Crippen molar-refractivity contribution in [3.05, 3.63) is 70.9 Å². The summed E-state index contributed by atoms with van der Waals surface area (Å²) in [4.78, 5) is 4.03. The lowest BCUT2D eigenvalue weighted by molar-refractivity contribution is 0.178. The van der Waals surface area contributed by atoms with Gasteiger partial charge in [-0.2, -0.15) is 4.31 Å². The highest BCUT2D eigenvalue weighted by Crippen LogP contribution is 2.13. The second-order valence-electron chi connectivity index (χ2n) is 5.45. The van der Waals surface area contributed by atoms with Gasteiger partial charge in [-0.25, -0.2) is 8.42 Å². The standard InChI is InChI=1S/C18H22N2O3S/c1-16-5-7-17(8-6-16)9-13-24(21,22)20(11-12-23-2)15-18-4-3-10-19-14-18/h3-10,13-14H,11-12,15H2,1-2H3. The highest BCUT2D eigenvalue weighted by Gasteiger charge is 2.19. The van der Waals surface area contributed by atoms with Gasteiger partial charge >= 0.3 is 0 Å². The SMILES string of the molecule is COCCN(Cc1cccnc1)S(=O)(=O)C=Cc1ccc(C)cc1. The maximum absolute atomic E-state index is 12.6. The molecule has 0 aliphatic rings. The third kappa shape index (κ3) is 5.56. The fourth-order valence-electron chi connectivity index (χ4n) is 2.11. The average Bonchev–Trinajstić information content (AvgIpc) is 2.59. The van der Waals surface area contributed by atoms with E-state index in [9.17, 15) is 8.42 Å². The molecule has 2 rings (SSSR count). The third-order valence-corrected chi connectivity index (χ3v) is 5.01. The summed E-state index contributed by atoms with van der Waals surface area (Å²) < 4.78 is 31.7. The van der Waals surface area contributed by atoms with E-state index in [1.165, 1.54) is 9.71 Å². The van der Waals surface area contributed by atoms with Crippen molar-refractivity contribution in [2.45, 2.75) is 13.5 Å². The molecule has 0 fully saturated rings. The minimum atomic E-state index is -3.56. The van der Waals surface area contributed by atoms with Crippen LogP contribution in [0.2, 0.25) is 0 Å². The van der Waals surface area contributed by atoms with Gasteiger partial charge in [-0.3, -0.25) is 4.98 Å². The van der Waals surface area contributed by atoms with Gasteiger partial charge in [-0.15, -0.1) is 0 Å². The van der Waals surface area contributed by atoms with Crippen LogP contribution in [0.3, 0.4) is 0 Å². The number of nitrogens with zero attached hydrogens (tertiary/aromatic N) is 2. The van der Waals surface area contributed by atoms with Gasteiger partial charge in [0.2, 0.25) is 10.0 Å². The molecule has 1 heterocycles. The van der Waals surface area contributed by atoms with Crippen LogP contribution in [0, 0.1) is 6.92 Å². The minimum Gasteiger partial charge on any atom is -0.383 e. The summed E-state index contributed by atoms with van der Waals surface area (Å²) in [6.45, 7) is 2.87. The molecule has 0 atom stereocenters. The summed E-state index contributed by atoms with van der Waals surface area (Å²) in [5.74, 6) is 0. The molecular formula is C18H22N2O3S. The van der Waals surface area contributed by atoms with E-state index in [0.29, 0.717) is 6.61 Å². The monoisotopic (exact) mass is 346 g/mol. The Morgan fingerprint density at radius 3 is 2.58 bits per heavy atom. The summed E-state index contributed by atoms with van der Waals surface area (Å²) >= 11 is 0. The molecule has 0 saturated heterocycles. The Morgan fingerprint density at radius 1 is 1.21 bits per heavy atom. The van der Waals surface area contributed by atoms with Gasteiger partial charge in [-0.05, 0) is 30.2 Å². The predicted molar refractivity (Wildman–Crippen MR) is 95.7 cm³/mol. The topological polar surface area (TPSA) is 59.5 Å². The zero-order valence-corrected chi connectivity index (χ0v) is 14.7. The van der Waals surface area contributed by atoms with Crippen molar-refractivity contribution >= 4 is 16.1 Å². The van der Waals surface area contributed by atoms with E-state index in [1.54, 1.807) is 31.6 Å². The van der Waals surface area contributed by atoms with E-state index in [-0.39, 0.29) is 13.1 Å². The first-order valence-electron chi connectivity index (χ1n) is 7.64. The number of hydrogen-bond donors (Lipinski definition) is 0. The van der Waals surface area contributed by atoms with Crippen LogP contribution in [0.1, 0.15) is 16.7 Å². The van der Waals surface area contributed by atoms with E-state index in [1.807, 2.05) is 37.3 Å². The van der Waals surface area contributed by atoms with Gasteiger partial charge in [0.25, 0.3) is 0 Å². The highest BCUT2D eigenvalue weighted by molar-refractivity contribution is 7.92. The molecule has 0 N–H and O–H groups in total. The van der Waals surface area contributed by atoms with Crippen molar-refractivity contribution in [3.63, 3.8) is 0 Å². The molecule has 0 saturated carbocycles. The van der Waals surface area contributed by atoms with Crippen molar-refractivity contribution in [1.82, 2.24) is 9.29 Å². The second kappa shape index (κ2) is 8.73.